The molecule has 0 aliphatic carbocycles. The zero-order chi connectivity index (χ0) is 17.6. The van der Waals surface area contributed by atoms with E-state index in [0.717, 1.165) is 37.4 Å². The summed E-state index contributed by atoms with van der Waals surface area (Å²) >= 11 is 0. The van der Waals surface area contributed by atoms with E-state index < -0.39 is 19.4 Å². The van der Waals surface area contributed by atoms with Crippen molar-refractivity contribution in [2.45, 2.75) is 64.5 Å². The van der Waals surface area contributed by atoms with Gasteiger partial charge in [0.1, 0.15) is 19.3 Å². The van der Waals surface area contributed by atoms with Crippen LogP contribution in [0.15, 0.2) is 29.7 Å². The quantitative estimate of drug-likeness (QED) is 0.539. The molecule has 5 heteroatoms. The summed E-state index contributed by atoms with van der Waals surface area (Å²) in [6, 6.07) is 8.72. The molecule has 1 heterocycles. The van der Waals surface area contributed by atoms with Crippen LogP contribution in [0.2, 0.25) is 18.1 Å². The second-order valence-electron chi connectivity index (χ2n) is 6.41. The molecule has 2 nitrogen and oxygen atoms in total. The molecule has 0 saturated carbocycles. The first-order valence-corrected chi connectivity index (χ1v) is 11.6. The van der Waals surface area contributed by atoms with Gasteiger partial charge in [-0.25, -0.2) is 8.78 Å². The fourth-order valence-corrected chi connectivity index (χ4v) is 6.25. The van der Waals surface area contributed by atoms with Gasteiger partial charge in [-0.15, -0.1) is 0 Å². The molecular formula is C19H28F2O2Si. The highest BCUT2D eigenvalue weighted by Crippen LogP contribution is 2.36. The average molecular weight is 355 g/mol. The molecule has 1 atom stereocenters. The van der Waals surface area contributed by atoms with Crippen LogP contribution in [0.5, 0.6) is 5.75 Å². The van der Waals surface area contributed by atoms with E-state index in [-0.39, 0.29) is 11.9 Å². The molecule has 2 rings (SSSR count). The van der Waals surface area contributed by atoms with Gasteiger partial charge in [-0.1, -0.05) is 38.9 Å². The molecule has 1 aliphatic heterocycles. The topological polar surface area (TPSA) is 18.5 Å². The van der Waals surface area contributed by atoms with Crippen molar-refractivity contribution in [3.05, 3.63) is 35.3 Å². The fraction of sp³-hybridized carbons (Fsp3) is 0.579. The van der Waals surface area contributed by atoms with Crippen LogP contribution >= 0.6 is 0 Å². The van der Waals surface area contributed by atoms with Crippen molar-refractivity contribution in [2.75, 3.05) is 6.61 Å². The Bertz CT molecular complexity index is 539. The molecular weight excluding hydrogens is 326 g/mol. The van der Waals surface area contributed by atoms with Crippen LogP contribution in [0.1, 0.15) is 45.6 Å². The van der Waals surface area contributed by atoms with Crippen molar-refractivity contribution in [3.8, 4) is 5.75 Å². The summed E-state index contributed by atoms with van der Waals surface area (Å²) in [5, 5.41) is 0. The third-order valence-corrected chi connectivity index (χ3v) is 10.4. The van der Waals surface area contributed by atoms with Gasteiger partial charge in [-0.2, -0.15) is 0 Å². The van der Waals surface area contributed by atoms with Gasteiger partial charge in [-0.05, 0) is 37.1 Å². The van der Waals surface area contributed by atoms with Crippen LogP contribution in [-0.4, -0.2) is 21.0 Å². The Hall–Kier alpha value is -1.20. The molecule has 1 unspecified atom stereocenters. The second-order valence-corrected chi connectivity index (χ2v) is 11.5. The van der Waals surface area contributed by atoms with Crippen LogP contribution in [0.25, 0.3) is 5.83 Å². The summed E-state index contributed by atoms with van der Waals surface area (Å²) in [5.41, 5.74) is -0.212. The maximum Gasteiger partial charge on any atom is 0.199 e. The first-order valence-electron chi connectivity index (χ1n) is 9.00. The number of halogens is 2. The Balaban J connectivity index is 2.15. The standard InChI is InChI=1S/C19H28F2O2Si/c1-4-24(5-2,6-3)19(21)18(20)15-10-12-16(13-11-15)23-17-9-7-8-14-22-17/h10-13,17H,4-9,14H2,1-3H3/b19-18+. The predicted octanol–water partition coefficient (Wildman–Crippen LogP) is 6.25. The van der Waals surface area contributed by atoms with Crippen LogP contribution < -0.4 is 4.74 Å². The van der Waals surface area contributed by atoms with E-state index in [1.54, 1.807) is 24.3 Å². The van der Waals surface area contributed by atoms with Crippen molar-refractivity contribution in [1.29, 1.82) is 0 Å². The summed E-state index contributed by atoms with van der Waals surface area (Å²) in [6.45, 7) is 6.61. The highest BCUT2D eigenvalue weighted by Gasteiger charge is 2.35. The lowest BCUT2D eigenvalue weighted by atomic mass is 10.2. The first-order chi connectivity index (χ1) is 11.6. The smallest absolute Gasteiger partial charge is 0.199 e. The average Bonchev–Trinajstić information content (AvgIpc) is 2.64. The molecule has 0 N–H and O–H groups in total. The molecule has 1 aromatic rings. The van der Waals surface area contributed by atoms with E-state index in [0.29, 0.717) is 12.4 Å². The zero-order valence-electron chi connectivity index (χ0n) is 14.9. The molecule has 0 bridgehead atoms. The third kappa shape index (κ3) is 4.25. The Kier molecular flexibility index (Phi) is 6.98. The van der Waals surface area contributed by atoms with Crippen molar-refractivity contribution in [3.63, 3.8) is 0 Å². The molecule has 1 fully saturated rings. The van der Waals surface area contributed by atoms with E-state index in [1.165, 1.54) is 0 Å². The lowest BCUT2D eigenvalue weighted by molar-refractivity contribution is -0.105. The lowest BCUT2D eigenvalue weighted by Gasteiger charge is -2.26. The summed E-state index contributed by atoms with van der Waals surface area (Å²) in [7, 11) is -2.33. The molecule has 1 saturated heterocycles. The third-order valence-electron chi connectivity index (χ3n) is 5.20. The minimum absolute atomic E-state index is 0.234. The fourth-order valence-electron chi connectivity index (χ4n) is 3.21. The van der Waals surface area contributed by atoms with Gasteiger partial charge in [0.2, 0.25) is 0 Å². The van der Waals surface area contributed by atoms with Crippen molar-refractivity contribution >= 4 is 13.9 Å². The Morgan fingerprint density at radius 1 is 1.08 bits per heavy atom. The van der Waals surface area contributed by atoms with Crippen molar-refractivity contribution in [1.82, 2.24) is 0 Å². The van der Waals surface area contributed by atoms with Crippen LogP contribution in [-0.2, 0) is 4.74 Å². The van der Waals surface area contributed by atoms with Gasteiger partial charge in [-0.3, -0.25) is 0 Å². The molecule has 134 valence electrons. The Morgan fingerprint density at radius 3 is 2.21 bits per heavy atom. The molecule has 1 aliphatic rings. The number of rotatable bonds is 7. The maximum absolute atomic E-state index is 14.8. The largest absolute Gasteiger partial charge is 0.465 e. The number of ether oxygens (including phenoxy) is 2. The van der Waals surface area contributed by atoms with E-state index in [4.69, 9.17) is 9.47 Å². The maximum atomic E-state index is 14.8. The minimum atomic E-state index is -2.33. The van der Waals surface area contributed by atoms with Crippen LogP contribution in [0, 0.1) is 0 Å². The molecule has 24 heavy (non-hydrogen) atoms. The Morgan fingerprint density at radius 2 is 1.71 bits per heavy atom. The van der Waals surface area contributed by atoms with E-state index in [2.05, 4.69) is 0 Å². The van der Waals surface area contributed by atoms with Crippen molar-refractivity contribution in [2.24, 2.45) is 0 Å². The summed E-state index contributed by atoms with van der Waals surface area (Å²) in [4.78, 5) is 0. The summed E-state index contributed by atoms with van der Waals surface area (Å²) in [5.74, 6) is -0.0727. The van der Waals surface area contributed by atoms with E-state index >= 15 is 0 Å². The highest BCUT2D eigenvalue weighted by atomic mass is 28.3. The predicted molar refractivity (Wildman–Crippen MR) is 97.0 cm³/mol. The lowest BCUT2D eigenvalue weighted by Crippen LogP contribution is -2.33. The molecule has 1 aromatic carbocycles. The van der Waals surface area contributed by atoms with E-state index in [9.17, 15) is 8.78 Å². The zero-order valence-corrected chi connectivity index (χ0v) is 15.9. The summed E-state index contributed by atoms with van der Waals surface area (Å²) < 4.78 is 40.7. The molecule has 0 aromatic heterocycles. The number of hydrogen-bond donors (Lipinski definition) is 0. The second kappa shape index (κ2) is 8.76. The minimum Gasteiger partial charge on any atom is -0.465 e. The number of benzene rings is 1. The van der Waals surface area contributed by atoms with Gasteiger partial charge >= 0.3 is 0 Å². The van der Waals surface area contributed by atoms with Gasteiger partial charge in [0.15, 0.2) is 12.1 Å². The molecule has 0 radical (unpaired) electrons. The normalized spacial score (nSPS) is 19.8. The van der Waals surface area contributed by atoms with Gasteiger partial charge in [0.05, 0.1) is 6.61 Å². The van der Waals surface area contributed by atoms with Gasteiger partial charge < -0.3 is 9.47 Å². The monoisotopic (exact) mass is 354 g/mol. The molecule has 0 spiro atoms. The number of hydrogen-bond acceptors (Lipinski definition) is 2. The van der Waals surface area contributed by atoms with Crippen LogP contribution in [0.4, 0.5) is 8.78 Å². The van der Waals surface area contributed by atoms with Crippen LogP contribution in [0.3, 0.4) is 0 Å². The SMILES string of the molecule is CC[Si](CC)(CC)/C(F)=C(/F)c1ccc(OC2CCCCO2)cc1. The Labute approximate surface area is 144 Å². The van der Waals surface area contributed by atoms with E-state index in [1.807, 2.05) is 20.8 Å². The van der Waals surface area contributed by atoms with Gasteiger partial charge in [0.25, 0.3) is 0 Å². The van der Waals surface area contributed by atoms with Gasteiger partial charge in [0, 0.05) is 12.0 Å². The summed E-state index contributed by atoms with van der Waals surface area (Å²) in [6.07, 6.45) is 2.78. The first kappa shape index (κ1) is 19.1. The van der Waals surface area contributed by atoms with Crippen molar-refractivity contribution < 1.29 is 18.3 Å². The highest BCUT2D eigenvalue weighted by molar-refractivity contribution is 6.86. The molecule has 0 amide bonds.